The molecule has 0 saturated heterocycles. The number of benzene rings is 1. The molecular formula is C11H11N3O4. The van der Waals surface area contributed by atoms with E-state index in [0.29, 0.717) is 5.52 Å². The Morgan fingerprint density at radius 3 is 2.83 bits per heavy atom. The molecule has 0 aliphatic rings. The average molecular weight is 249 g/mol. The molecule has 0 spiro atoms. The van der Waals surface area contributed by atoms with Crippen molar-refractivity contribution >= 4 is 22.5 Å². The number of rotatable bonds is 4. The van der Waals surface area contributed by atoms with Crippen molar-refractivity contribution in [3.8, 4) is 0 Å². The van der Waals surface area contributed by atoms with E-state index in [1.54, 1.807) is 6.07 Å². The Kier molecular flexibility index (Phi) is 3.07. The Morgan fingerprint density at radius 2 is 2.28 bits per heavy atom. The highest BCUT2D eigenvalue weighted by atomic mass is 16.6. The largest absolute Gasteiger partial charge is 0.388 e. The monoisotopic (exact) mass is 249 g/mol. The molecule has 2 aromatic rings. The molecule has 0 aliphatic carbocycles. The third kappa shape index (κ3) is 1.95. The van der Waals surface area contributed by atoms with Crippen LogP contribution in [-0.4, -0.2) is 25.4 Å². The number of para-hydroxylation sites is 1. The van der Waals surface area contributed by atoms with Gasteiger partial charge in [-0.25, -0.2) is 4.98 Å². The number of Topliss-reactive ketones (excluding diaryl/α,β-unsaturated/α-hetero) is 1. The van der Waals surface area contributed by atoms with Crippen LogP contribution in [0, 0.1) is 10.1 Å². The van der Waals surface area contributed by atoms with Gasteiger partial charge in [-0.2, -0.15) is 0 Å². The minimum absolute atomic E-state index is 0.0353. The lowest BCUT2D eigenvalue weighted by atomic mass is 10.2. The number of hydrogen-bond donors (Lipinski definition) is 1. The Hall–Kier alpha value is -2.28. The number of aliphatic hydroxyl groups is 1. The predicted octanol–water partition coefficient (Wildman–Crippen LogP) is 1.03. The van der Waals surface area contributed by atoms with Crippen LogP contribution in [0.5, 0.6) is 0 Å². The summed E-state index contributed by atoms with van der Waals surface area (Å²) < 4.78 is 1.49. The molecule has 0 aliphatic heterocycles. The summed E-state index contributed by atoms with van der Waals surface area (Å²) in [4.78, 5) is 25.5. The van der Waals surface area contributed by atoms with E-state index in [1.807, 2.05) is 0 Å². The van der Waals surface area contributed by atoms with Crippen LogP contribution in [0.3, 0.4) is 0 Å². The van der Waals surface area contributed by atoms with Gasteiger partial charge in [0.25, 0.3) is 5.69 Å². The predicted molar refractivity (Wildman–Crippen MR) is 63.0 cm³/mol. The van der Waals surface area contributed by atoms with Gasteiger partial charge in [0.2, 0.25) is 0 Å². The van der Waals surface area contributed by atoms with Gasteiger partial charge >= 0.3 is 0 Å². The van der Waals surface area contributed by atoms with Gasteiger partial charge in [-0.1, -0.05) is 6.07 Å². The number of nitrogens with zero attached hydrogens (tertiary/aromatic N) is 3. The van der Waals surface area contributed by atoms with Crippen LogP contribution in [0.2, 0.25) is 0 Å². The van der Waals surface area contributed by atoms with E-state index in [2.05, 4.69) is 4.98 Å². The molecule has 0 unspecified atom stereocenters. The number of carbonyl (C=O) groups excluding carboxylic acids is 1. The second-order valence-corrected chi connectivity index (χ2v) is 3.88. The second kappa shape index (κ2) is 4.53. The van der Waals surface area contributed by atoms with Crippen molar-refractivity contribution in [1.82, 2.24) is 9.55 Å². The van der Waals surface area contributed by atoms with Crippen LogP contribution in [-0.2, 0) is 17.9 Å². The van der Waals surface area contributed by atoms with Gasteiger partial charge in [0, 0.05) is 6.07 Å². The average Bonchev–Trinajstić information content (AvgIpc) is 2.66. The summed E-state index contributed by atoms with van der Waals surface area (Å²) in [6, 6.07) is 4.51. The number of hydrogen-bond acceptors (Lipinski definition) is 5. The number of ketones is 1. The normalized spacial score (nSPS) is 10.8. The number of non-ortho nitro benzene ring substituents is 1. The SMILES string of the molecule is CC(=O)Cn1c(CO)nc2c([N+](=O)[O-])cccc21. The molecule has 0 radical (unpaired) electrons. The first kappa shape index (κ1) is 12.2. The van der Waals surface area contributed by atoms with Crippen LogP contribution in [0.4, 0.5) is 5.69 Å². The lowest BCUT2D eigenvalue weighted by molar-refractivity contribution is -0.383. The fourth-order valence-corrected chi connectivity index (χ4v) is 1.85. The molecule has 18 heavy (non-hydrogen) atoms. The summed E-state index contributed by atoms with van der Waals surface area (Å²) in [5.41, 5.74) is 0.528. The highest BCUT2D eigenvalue weighted by Crippen LogP contribution is 2.25. The van der Waals surface area contributed by atoms with Crippen LogP contribution < -0.4 is 0 Å². The summed E-state index contributed by atoms with van der Waals surface area (Å²) in [5.74, 6) is 0.130. The second-order valence-electron chi connectivity index (χ2n) is 3.88. The molecule has 1 aromatic carbocycles. The summed E-state index contributed by atoms with van der Waals surface area (Å²) in [6.07, 6.45) is 0. The van der Waals surface area contributed by atoms with E-state index in [1.165, 1.54) is 23.6 Å². The zero-order valence-corrected chi connectivity index (χ0v) is 9.66. The minimum atomic E-state index is -0.533. The van der Waals surface area contributed by atoms with Gasteiger partial charge in [0.1, 0.15) is 18.2 Å². The molecule has 7 nitrogen and oxygen atoms in total. The number of imidazole rings is 1. The third-order valence-electron chi connectivity index (χ3n) is 2.56. The molecule has 0 amide bonds. The zero-order chi connectivity index (χ0) is 13.3. The van der Waals surface area contributed by atoms with Crippen molar-refractivity contribution in [2.24, 2.45) is 0 Å². The minimum Gasteiger partial charge on any atom is -0.388 e. The highest BCUT2D eigenvalue weighted by molar-refractivity contribution is 5.87. The molecule has 7 heteroatoms. The molecule has 1 aromatic heterocycles. The van der Waals surface area contributed by atoms with Crippen molar-refractivity contribution in [2.45, 2.75) is 20.1 Å². The lowest BCUT2D eigenvalue weighted by Gasteiger charge is -2.04. The van der Waals surface area contributed by atoms with Crippen LogP contribution in [0.25, 0.3) is 11.0 Å². The van der Waals surface area contributed by atoms with Gasteiger partial charge in [-0.05, 0) is 13.0 Å². The molecule has 0 atom stereocenters. The Bertz CT molecular complexity index is 632. The highest BCUT2D eigenvalue weighted by Gasteiger charge is 2.19. The lowest BCUT2D eigenvalue weighted by Crippen LogP contribution is -2.09. The van der Waals surface area contributed by atoms with Crippen molar-refractivity contribution < 1.29 is 14.8 Å². The first-order valence-electron chi connectivity index (χ1n) is 5.27. The van der Waals surface area contributed by atoms with Gasteiger partial charge in [0.05, 0.1) is 17.0 Å². The molecule has 2 rings (SSSR count). The Morgan fingerprint density at radius 1 is 1.56 bits per heavy atom. The maximum Gasteiger partial charge on any atom is 0.297 e. The van der Waals surface area contributed by atoms with E-state index in [9.17, 15) is 20.0 Å². The number of aliphatic hydroxyl groups excluding tert-OH is 1. The number of aromatic nitrogens is 2. The molecular weight excluding hydrogens is 238 g/mol. The topological polar surface area (TPSA) is 98.3 Å². The summed E-state index contributed by atoms with van der Waals surface area (Å²) >= 11 is 0. The van der Waals surface area contributed by atoms with E-state index in [-0.39, 0.29) is 36.0 Å². The van der Waals surface area contributed by atoms with Crippen LogP contribution in [0.15, 0.2) is 18.2 Å². The van der Waals surface area contributed by atoms with Crippen LogP contribution >= 0.6 is 0 Å². The molecule has 1 heterocycles. The zero-order valence-electron chi connectivity index (χ0n) is 9.66. The van der Waals surface area contributed by atoms with E-state index < -0.39 is 4.92 Å². The molecule has 0 saturated carbocycles. The smallest absolute Gasteiger partial charge is 0.297 e. The number of nitro groups is 1. The number of carbonyl (C=O) groups is 1. The fourth-order valence-electron chi connectivity index (χ4n) is 1.85. The van der Waals surface area contributed by atoms with Crippen molar-refractivity contribution in [1.29, 1.82) is 0 Å². The quantitative estimate of drug-likeness (QED) is 0.644. The Balaban J connectivity index is 2.73. The first-order valence-corrected chi connectivity index (χ1v) is 5.27. The first-order chi connectivity index (χ1) is 8.54. The van der Waals surface area contributed by atoms with Gasteiger partial charge in [-0.15, -0.1) is 0 Å². The summed E-state index contributed by atoms with van der Waals surface area (Å²) in [6.45, 7) is 1.07. The maximum atomic E-state index is 11.2. The third-order valence-corrected chi connectivity index (χ3v) is 2.56. The van der Waals surface area contributed by atoms with E-state index >= 15 is 0 Å². The molecule has 0 fully saturated rings. The number of nitro benzene ring substituents is 1. The number of fused-ring (bicyclic) bond motifs is 1. The fraction of sp³-hybridized carbons (Fsp3) is 0.273. The summed E-state index contributed by atoms with van der Waals surface area (Å²) in [5, 5.41) is 20.1. The van der Waals surface area contributed by atoms with Crippen LogP contribution in [0.1, 0.15) is 12.7 Å². The van der Waals surface area contributed by atoms with Gasteiger partial charge < -0.3 is 9.67 Å². The van der Waals surface area contributed by atoms with Crippen molar-refractivity contribution in [3.63, 3.8) is 0 Å². The standard InChI is InChI=1S/C11H11N3O4/c1-7(16)5-13-8-3-2-4-9(14(17)18)11(8)12-10(13)6-15/h2-4,15H,5-6H2,1H3. The van der Waals surface area contributed by atoms with Gasteiger partial charge in [-0.3, -0.25) is 14.9 Å². The Labute approximate surface area is 102 Å². The molecule has 0 bridgehead atoms. The van der Waals surface area contributed by atoms with Crippen molar-refractivity contribution in [3.05, 3.63) is 34.1 Å². The maximum absolute atomic E-state index is 11.2. The van der Waals surface area contributed by atoms with Crippen molar-refractivity contribution in [2.75, 3.05) is 0 Å². The van der Waals surface area contributed by atoms with E-state index in [4.69, 9.17) is 0 Å². The summed E-state index contributed by atoms with van der Waals surface area (Å²) in [7, 11) is 0. The van der Waals surface area contributed by atoms with Gasteiger partial charge in [0.15, 0.2) is 5.52 Å². The molecule has 94 valence electrons. The van der Waals surface area contributed by atoms with E-state index in [0.717, 1.165) is 0 Å². The molecule has 1 N–H and O–H groups in total.